The highest BCUT2D eigenvalue weighted by Crippen LogP contribution is 2.44. The van der Waals surface area contributed by atoms with Crippen molar-refractivity contribution < 1.29 is 9.72 Å². The van der Waals surface area contributed by atoms with Crippen LogP contribution in [0.3, 0.4) is 0 Å². The summed E-state index contributed by atoms with van der Waals surface area (Å²) in [5, 5.41) is 18.4. The van der Waals surface area contributed by atoms with E-state index in [4.69, 9.17) is 0 Å². The number of rotatable bonds is 4. The smallest absolute Gasteiger partial charge is 0.271 e. The van der Waals surface area contributed by atoms with Crippen LogP contribution in [0.5, 0.6) is 0 Å². The Morgan fingerprint density at radius 1 is 1.00 bits per heavy atom. The van der Waals surface area contributed by atoms with Gasteiger partial charge in [0.25, 0.3) is 11.6 Å². The summed E-state index contributed by atoms with van der Waals surface area (Å²) in [5.74, 6) is -0.506. The maximum Gasteiger partial charge on any atom is 0.271 e. The number of hydrogen-bond donors (Lipinski definition) is 2. The molecule has 29 heavy (non-hydrogen) atoms. The van der Waals surface area contributed by atoms with E-state index in [1.165, 1.54) is 29.2 Å². The number of hydrogen-bond acceptors (Lipinski definition) is 6. The second kappa shape index (κ2) is 7.76. The first-order valence-corrected chi connectivity index (χ1v) is 9.60. The van der Waals surface area contributed by atoms with Crippen molar-refractivity contribution in [3.63, 3.8) is 0 Å². The number of nitro benzene ring substituents is 1. The van der Waals surface area contributed by atoms with Gasteiger partial charge in [0.1, 0.15) is 0 Å². The third-order valence-electron chi connectivity index (χ3n) is 4.42. The van der Waals surface area contributed by atoms with E-state index in [9.17, 15) is 14.9 Å². The molecule has 1 heterocycles. The molecule has 7 nitrogen and oxygen atoms in total. The number of carbonyl (C=O) groups excluding carboxylic acids is 1. The van der Waals surface area contributed by atoms with E-state index in [-0.39, 0.29) is 11.3 Å². The molecule has 1 aliphatic heterocycles. The number of carbonyl (C=O) groups is 1. The van der Waals surface area contributed by atoms with E-state index < -0.39 is 10.8 Å². The number of nitrogens with one attached hydrogen (secondary N) is 2. The third kappa shape index (κ3) is 3.97. The van der Waals surface area contributed by atoms with Crippen LogP contribution in [0.25, 0.3) is 0 Å². The molecule has 144 valence electrons. The molecular formula is C21H16N4O3S. The lowest BCUT2D eigenvalue weighted by molar-refractivity contribution is -0.384. The van der Waals surface area contributed by atoms with Gasteiger partial charge in [-0.3, -0.25) is 14.9 Å². The fourth-order valence-corrected chi connectivity index (χ4v) is 3.86. The van der Waals surface area contributed by atoms with Crippen molar-refractivity contribution in [3.05, 3.63) is 88.0 Å². The Kier molecular flexibility index (Phi) is 5.01. The summed E-state index contributed by atoms with van der Waals surface area (Å²) in [6.45, 7) is 1.79. The van der Waals surface area contributed by atoms with Gasteiger partial charge in [-0.05, 0) is 42.8 Å². The van der Waals surface area contributed by atoms with E-state index in [2.05, 4.69) is 21.9 Å². The number of para-hydroxylation sites is 1. The summed E-state index contributed by atoms with van der Waals surface area (Å²) >= 11 is 1.69. The van der Waals surface area contributed by atoms with E-state index in [1.54, 1.807) is 18.7 Å². The molecule has 0 aromatic heterocycles. The zero-order valence-corrected chi connectivity index (χ0v) is 16.2. The van der Waals surface area contributed by atoms with Crippen molar-refractivity contribution in [1.29, 1.82) is 0 Å². The van der Waals surface area contributed by atoms with Gasteiger partial charge in [-0.1, -0.05) is 36.0 Å². The molecule has 0 aliphatic carbocycles. The van der Waals surface area contributed by atoms with Crippen LogP contribution in [0.4, 0.5) is 17.1 Å². The SMILES string of the molecule is C/C(=N/NC(=O)c1cccc([N+](=O)[O-])c1)c1ccc2c(c1)Nc1ccccc1S2. The average molecular weight is 404 g/mol. The highest BCUT2D eigenvalue weighted by Gasteiger charge is 2.16. The number of nitro groups is 1. The highest BCUT2D eigenvalue weighted by atomic mass is 32.2. The van der Waals surface area contributed by atoms with Gasteiger partial charge in [-0.25, -0.2) is 5.43 Å². The van der Waals surface area contributed by atoms with Gasteiger partial charge in [0.2, 0.25) is 0 Å². The second-order valence-electron chi connectivity index (χ2n) is 6.38. The Morgan fingerprint density at radius 2 is 1.79 bits per heavy atom. The molecule has 3 aromatic rings. The summed E-state index contributed by atoms with van der Waals surface area (Å²) < 4.78 is 0. The maximum atomic E-state index is 12.3. The Bertz CT molecular complexity index is 1160. The monoisotopic (exact) mass is 404 g/mol. The highest BCUT2D eigenvalue weighted by molar-refractivity contribution is 7.99. The zero-order valence-electron chi connectivity index (χ0n) is 15.4. The Hall–Kier alpha value is -3.65. The Labute approximate surface area is 171 Å². The minimum atomic E-state index is -0.540. The summed E-state index contributed by atoms with van der Waals surface area (Å²) in [4.78, 5) is 24.9. The van der Waals surface area contributed by atoms with Crippen LogP contribution in [0.1, 0.15) is 22.8 Å². The molecule has 3 aromatic carbocycles. The molecule has 0 spiro atoms. The first-order valence-electron chi connectivity index (χ1n) is 8.79. The van der Waals surface area contributed by atoms with Crippen molar-refractivity contribution in [3.8, 4) is 0 Å². The predicted octanol–water partition coefficient (Wildman–Crippen LogP) is 4.96. The summed E-state index contributed by atoms with van der Waals surface area (Å²) in [6.07, 6.45) is 0. The molecule has 8 heteroatoms. The van der Waals surface area contributed by atoms with Crippen LogP contribution in [-0.4, -0.2) is 16.5 Å². The minimum Gasteiger partial charge on any atom is -0.354 e. The fraction of sp³-hybridized carbons (Fsp3) is 0.0476. The van der Waals surface area contributed by atoms with Gasteiger partial charge in [-0.15, -0.1) is 0 Å². The molecule has 1 aliphatic rings. The van der Waals surface area contributed by atoms with Gasteiger partial charge >= 0.3 is 0 Å². The summed E-state index contributed by atoms with van der Waals surface area (Å²) in [6, 6.07) is 19.6. The minimum absolute atomic E-state index is 0.142. The van der Waals surface area contributed by atoms with E-state index >= 15 is 0 Å². The molecule has 0 saturated heterocycles. The van der Waals surface area contributed by atoms with E-state index in [0.29, 0.717) is 5.71 Å². The average Bonchev–Trinajstić information content (AvgIpc) is 2.75. The fourth-order valence-electron chi connectivity index (χ4n) is 2.89. The molecule has 0 atom stereocenters. The number of amides is 1. The zero-order chi connectivity index (χ0) is 20.4. The topological polar surface area (TPSA) is 96.6 Å². The van der Waals surface area contributed by atoms with Crippen molar-refractivity contribution in [2.75, 3.05) is 5.32 Å². The number of anilines is 2. The predicted molar refractivity (Wildman–Crippen MR) is 113 cm³/mol. The summed E-state index contributed by atoms with van der Waals surface area (Å²) in [5.41, 5.74) is 6.00. The Balaban J connectivity index is 1.51. The van der Waals surface area contributed by atoms with Crippen LogP contribution in [0.2, 0.25) is 0 Å². The number of non-ortho nitro benzene ring substituents is 1. The summed E-state index contributed by atoms with van der Waals surface area (Å²) in [7, 11) is 0. The van der Waals surface area contributed by atoms with E-state index in [0.717, 1.165) is 21.8 Å². The van der Waals surface area contributed by atoms with Gasteiger partial charge in [0.15, 0.2) is 0 Å². The van der Waals surface area contributed by atoms with Crippen LogP contribution >= 0.6 is 11.8 Å². The lowest BCUT2D eigenvalue weighted by atomic mass is 10.1. The number of benzene rings is 3. The van der Waals surface area contributed by atoms with Crippen molar-refractivity contribution >= 4 is 40.4 Å². The normalized spacial score (nSPS) is 12.4. The van der Waals surface area contributed by atoms with Crippen molar-refractivity contribution in [2.45, 2.75) is 16.7 Å². The van der Waals surface area contributed by atoms with Gasteiger partial charge in [-0.2, -0.15) is 5.10 Å². The molecule has 2 N–H and O–H groups in total. The van der Waals surface area contributed by atoms with Gasteiger partial charge in [0, 0.05) is 27.5 Å². The van der Waals surface area contributed by atoms with Crippen molar-refractivity contribution in [2.24, 2.45) is 5.10 Å². The molecule has 0 saturated carbocycles. The standard InChI is InChI=1S/C21H16N4O3S/c1-13(23-24-21(26)15-5-4-6-16(11-15)25(27)28)14-9-10-20-18(12-14)22-17-7-2-3-8-19(17)29-20/h2-12,22H,1H3,(H,24,26)/b23-13-. The first-order chi connectivity index (χ1) is 14.0. The number of hydrazone groups is 1. The molecule has 4 rings (SSSR count). The van der Waals surface area contributed by atoms with Crippen LogP contribution in [0.15, 0.2) is 81.6 Å². The number of fused-ring (bicyclic) bond motifs is 2. The molecular weight excluding hydrogens is 388 g/mol. The van der Waals surface area contributed by atoms with E-state index in [1.807, 2.05) is 36.4 Å². The lowest BCUT2D eigenvalue weighted by Gasteiger charge is -2.21. The molecule has 1 amide bonds. The Morgan fingerprint density at radius 3 is 2.62 bits per heavy atom. The largest absolute Gasteiger partial charge is 0.354 e. The van der Waals surface area contributed by atoms with Gasteiger partial charge < -0.3 is 5.32 Å². The van der Waals surface area contributed by atoms with Crippen LogP contribution < -0.4 is 10.7 Å². The van der Waals surface area contributed by atoms with Crippen molar-refractivity contribution in [1.82, 2.24) is 5.43 Å². The third-order valence-corrected chi connectivity index (χ3v) is 5.57. The maximum absolute atomic E-state index is 12.3. The molecule has 0 bridgehead atoms. The number of nitrogens with zero attached hydrogens (tertiary/aromatic N) is 2. The van der Waals surface area contributed by atoms with Crippen LogP contribution in [-0.2, 0) is 0 Å². The lowest BCUT2D eigenvalue weighted by Crippen LogP contribution is -2.19. The first kappa shape index (κ1) is 18.7. The quantitative estimate of drug-likeness (QED) is 0.285. The van der Waals surface area contributed by atoms with Crippen LogP contribution in [0, 0.1) is 10.1 Å². The second-order valence-corrected chi connectivity index (χ2v) is 7.46. The molecule has 0 radical (unpaired) electrons. The molecule has 0 unspecified atom stereocenters. The molecule has 0 fully saturated rings. The van der Waals surface area contributed by atoms with Gasteiger partial charge in [0.05, 0.1) is 22.0 Å².